The summed E-state index contributed by atoms with van der Waals surface area (Å²) >= 11 is 0. The Morgan fingerprint density at radius 1 is 1.00 bits per heavy atom. The molecule has 9 heavy (non-hydrogen) atoms. The van der Waals surface area contributed by atoms with Gasteiger partial charge < -0.3 is 5.32 Å². The summed E-state index contributed by atoms with van der Waals surface area (Å²) in [6.07, 6.45) is 2.50. The maximum absolute atomic E-state index is 3.28. The molecular weight excluding hydrogens is 110 g/mol. The molecule has 0 aromatic rings. The Morgan fingerprint density at radius 3 is 1.56 bits per heavy atom. The highest BCUT2D eigenvalue weighted by Crippen LogP contribution is 1.71. The first-order valence-electron chi connectivity index (χ1n) is 4.12. The molecule has 0 aromatic heterocycles. The SMILES string of the molecule is CC.CCCNCCC.[HH]. The summed E-state index contributed by atoms with van der Waals surface area (Å²) in [6, 6.07) is 0. The van der Waals surface area contributed by atoms with Crippen molar-refractivity contribution in [3.05, 3.63) is 0 Å². The van der Waals surface area contributed by atoms with Gasteiger partial charge in [0.25, 0.3) is 0 Å². The van der Waals surface area contributed by atoms with Gasteiger partial charge in [0.2, 0.25) is 0 Å². The van der Waals surface area contributed by atoms with Gasteiger partial charge in [0.1, 0.15) is 0 Å². The van der Waals surface area contributed by atoms with E-state index in [-0.39, 0.29) is 1.43 Å². The maximum Gasteiger partial charge on any atom is 0 e. The van der Waals surface area contributed by atoms with Gasteiger partial charge in [-0.05, 0) is 25.9 Å². The number of hydrogen-bond acceptors (Lipinski definition) is 1. The molecule has 0 atom stereocenters. The molecule has 0 rings (SSSR count). The van der Waals surface area contributed by atoms with E-state index in [2.05, 4.69) is 19.2 Å². The fourth-order valence-corrected chi connectivity index (χ4v) is 0.479. The summed E-state index contributed by atoms with van der Waals surface area (Å²) in [5.74, 6) is 0. The van der Waals surface area contributed by atoms with E-state index in [1.807, 2.05) is 13.8 Å². The largest absolute Gasteiger partial charge is 0.317 e. The molecule has 0 spiro atoms. The molecule has 0 saturated heterocycles. The summed E-state index contributed by atoms with van der Waals surface area (Å²) in [6.45, 7) is 10.7. The zero-order chi connectivity index (χ0) is 7.54. The first-order valence-corrected chi connectivity index (χ1v) is 4.12. The first-order chi connectivity index (χ1) is 4.41. The van der Waals surface area contributed by atoms with E-state index >= 15 is 0 Å². The molecule has 0 aromatic carbocycles. The highest BCUT2D eigenvalue weighted by Gasteiger charge is 1.76. The molecule has 0 amide bonds. The lowest BCUT2D eigenvalue weighted by atomic mass is 10.4. The van der Waals surface area contributed by atoms with Crippen LogP contribution in [0.4, 0.5) is 0 Å². The van der Waals surface area contributed by atoms with Crippen molar-refractivity contribution in [3.8, 4) is 0 Å². The fourth-order valence-electron chi connectivity index (χ4n) is 0.479. The van der Waals surface area contributed by atoms with Crippen molar-refractivity contribution in [2.75, 3.05) is 13.1 Å². The van der Waals surface area contributed by atoms with Gasteiger partial charge in [-0.1, -0.05) is 27.7 Å². The maximum atomic E-state index is 3.28. The molecule has 0 fully saturated rings. The average Bonchev–Trinajstić information content (AvgIpc) is 1.94. The minimum atomic E-state index is 0. The summed E-state index contributed by atoms with van der Waals surface area (Å²) < 4.78 is 0. The molecule has 0 radical (unpaired) electrons. The van der Waals surface area contributed by atoms with Gasteiger partial charge in [-0.2, -0.15) is 0 Å². The zero-order valence-electron chi connectivity index (χ0n) is 7.33. The Hall–Kier alpha value is -0.0400. The highest BCUT2D eigenvalue weighted by molar-refractivity contribution is 4.39. The Morgan fingerprint density at radius 2 is 1.33 bits per heavy atom. The summed E-state index contributed by atoms with van der Waals surface area (Å²) in [7, 11) is 0. The molecule has 1 nitrogen and oxygen atoms in total. The van der Waals surface area contributed by atoms with Crippen LogP contribution in [0.3, 0.4) is 0 Å². The minimum absolute atomic E-state index is 0. The molecule has 0 unspecified atom stereocenters. The van der Waals surface area contributed by atoms with Crippen LogP contribution in [0.1, 0.15) is 42.0 Å². The van der Waals surface area contributed by atoms with Gasteiger partial charge >= 0.3 is 0 Å². The molecule has 0 saturated carbocycles. The molecule has 0 aliphatic rings. The monoisotopic (exact) mass is 133 g/mol. The van der Waals surface area contributed by atoms with E-state index in [0.29, 0.717) is 0 Å². The first kappa shape index (κ1) is 11.7. The van der Waals surface area contributed by atoms with Crippen molar-refractivity contribution in [1.82, 2.24) is 5.32 Å². The number of rotatable bonds is 4. The quantitative estimate of drug-likeness (QED) is 0.581. The summed E-state index contributed by atoms with van der Waals surface area (Å²) in [5, 5.41) is 3.28. The van der Waals surface area contributed by atoms with Crippen molar-refractivity contribution in [2.45, 2.75) is 40.5 Å². The Bertz CT molecular complexity index is 28.4. The Kier molecular flexibility index (Phi) is 20.4. The lowest BCUT2D eigenvalue weighted by Crippen LogP contribution is -2.14. The summed E-state index contributed by atoms with van der Waals surface area (Å²) in [4.78, 5) is 0. The molecule has 1 N–H and O–H groups in total. The topological polar surface area (TPSA) is 12.0 Å². The number of nitrogens with one attached hydrogen (secondary N) is 1. The predicted molar refractivity (Wildman–Crippen MR) is 46.9 cm³/mol. The van der Waals surface area contributed by atoms with Crippen LogP contribution < -0.4 is 5.32 Å². The normalized spacial score (nSPS) is 8.00. The average molecular weight is 133 g/mol. The van der Waals surface area contributed by atoms with Crippen LogP contribution in [0.2, 0.25) is 0 Å². The second-order valence-electron chi connectivity index (χ2n) is 1.75. The molecule has 0 aliphatic heterocycles. The van der Waals surface area contributed by atoms with E-state index < -0.39 is 0 Å². The van der Waals surface area contributed by atoms with Crippen LogP contribution in [0.25, 0.3) is 0 Å². The standard InChI is InChI=1S/C6H15N.C2H6.H2/c1-3-5-7-6-4-2;1-2;/h7H,3-6H2,1-2H3;1-2H3;1H. The van der Waals surface area contributed by atoms with Crippen molar-refractivity contribution in [2.24, 2.45) is 0 Å². The van der Waals surface area contributed by atoms with Gasteiger partial charge in [0.15, 0.2) is 0 Å². The molecular formula is C8H23N. The van der Waals surface area contributed by atoms with Gasteiger partial charge in [-0.3, -0.25) is 0 Å². The third-order valence-corrected chi connectivity index (χ3v) is 0.854. The van der Waals surface area contributed by atoms with E-state index in [1.54, 1.807) is 0 Å². The van der Waals surface area contributed by atoms with Crippen LogP contribution >= 0.6 is 0 Å². The van der Waals surface area contributed by atoms with E-state index in [9.17, 15) is 0 Å². The van der Waals surface area contributed by atoms with Crippen LogP contribution in [0.5, 0.6) is 0 Å². The van der Waals surface area contributed by atoms with E-state index in [4.69, 9.17) is 0 Å². The fraction of sp³-hybridized carbons (Fsp3) is 1.00. The van der Waals surface area contributed by atoms with Crippen LogP contribution in [0, 0.1) is 0 Å². The zero-order valence-corrected chi connectivity index (χ0v) is 7.33. The predicted octanol–water partition coefficient (Wildman–Crippen LogP) is 2.67. The van der Waals surface area contributed by atoms with Crippen LogP contribution in [0.15, 0.2) is 0 Å². The molecule has 1 heteroatoms. The minimum Gasteiger partial charge on any atom is -0.317 e. The number of hydrogen-bond donors (Lipinski definition) is 1. The van der Waals surface area contributed by atoms with Crippen molar-refractivity contribution < 1.29 is 1.43 Å². The Balaban J connectivity index is -0.000000149. The Labute approximate surface area is 61.3 Å². The molecule has 0 heterocycles. The highest BCUT2D eigenvalue weighted by atomic mass is 14.8. The van der Waals surface area contributed by atoms with E-state index in [0.717, 1.165) is 0 Å². The second kappa shape index (κ2) is 15.7. The summed E-state index contributed by atoms with van der Waals surface area (Å²) in [5.41, 5.74) is 0. The van der Waals surface area contributed by atoms with Crippen LogP contribution in [-0.2, 0) is 0 Å². The van der Waals surface area contributed by atoms with Gasteiger partial charge in [0, 0.05) is 1.43 Å². The van der Waals surface area contributed by atoms with Crippen molar-refractivity contribution in [3.63, 3.8) is 0 Å². The smallest absolute Gasteiger partial charge is 0 e. The third kappa shape index (κ3) is 18.0. The third-order valence-electron chi connectivity index (χ3n) is 0.854. The molecule has 0 bridgehead atoms. The van der Waals surface area contributed by atoms with Crippen molar-refractivity contribution in [1.29, 1.82) is 0 Å². The van der Waals surface area contributed by atoms with Gasteiger partial charge in [-0.25, -0.2) is 0 Å². The second-order valence-corrected chi connectivity index (χ2v) is 1.75. The lowest BCUT2D eigenvalue weighted by Gasteiger charge is -1.95. The molecule has 60 valence electrons. The van der Waals surface area contributed by atoms with E-state index in [1.165, 1.54) is 25.9 Å². The molecule has 0 aliphatic carbocycles. The van der Waals surface area contributed by atoms with Crippen LogP contribution in [-0.4, -0.2) is 13.1 Å². The van der Waals surface area contributed by atoms with Crippen molar-refractivity contribution >= 4 is 0 Å². The van der Waals surface area contributed by atoms with Gasteiger partial charge in [0.05, 0.1) is 0 Å². The van der Waals surface area contributed by atoms with Gasteiger partial charge in [-0.15, -0.1) is 0 Å². The lowest BCUT2D eigenvalue weighted by molar-refractivity contribution is 0.662.